The van der Waals surface area contributed by atoms with Crippen LogP contribution in [0.4, 0.5) is 10.5 Å². The van der Waals surface area contributed by atoms with Gasteiger partial charge in [-0.15, -0.1) is 0 Å². The molecule has 0 radical (unpaired) electrons. The number of hydrogen-bond acceptors (Lipinski definition) is 8. The summed E-state index contributed by atoms with van der Waals surface area (Å²) in [5.74, 6) is 5.64. The van der Waals surface area contributed by atoms with Crippen molar-refractivity contribution < 1.29 is 36.4 Å². The molecule has 10 nitrogen and oxygen atoms in total. The SMILES string of the molecule is C[C@@](C[C@H]1CN(c2ccc(C#CC3CC(CS(C)(=O)=O)C3)cc2)C(=O)O1)(C(=O)NO)S(C)(=O)=O. The lowest BCUT2D eigenvalue weighted by Crippen LogP contribution is -2.51. The molecule has 0 spiro atoms. The lowest BCUT2D eigenvalue weighted by molar-refractivity contribution is -0.132. The Morgan fingerprint density at radius 3 is 2.35 bits per heavy atom. The number of hydroxylamine groups is 1. The minimum Gasteiger partial charge on any atom is -0.444 e. The van der Waals surface area contributed by atoms with Crippen LogP contribution in [-0.2, 0) is 29.2 Å². The summed E-state index contributed by atoms with van der Waals surface area (Å²) in [7, 11) is -6.89. The third-order valence-electron chi connectivity index (χ3n) is 6.27. The van der Waals surface area contributed by atoms with Crippen LogP contribution >= 0.6 is 0 Å². The maximum absolute atomic E-state index is 12.4. The van der Waals surface area contributed by atoms with Crippen LogP contribution in [0.15, 0.2) is 24.3 Å². The van der Waals surface area contributed by atoms with E-state index in [9.17, 15) is 26.4 Å². The number of anilines is 1. The van der Waals surface area contributed by atoms with E-state index in [1.54, 1.807) is 24.3 Å². The molecular formula is C22H28N2O8S2. The molecule has 2 fully saturated rings. The van der Waals surface area contributed by atoms with Crippen LogP contribution in [-0.4, -0.2) is 69.7 Å². The molecule has 12 heteroatoms. The summed E-state index contributed by atoms with van der Waals surface area (Å²) in [4.78, 5) is 25.7. The summed E-state index contributed by atoms with van der Waals surface area (Å²) in [5, 5.41) is 8.95. The van der Waals surface area contributed by atoms with Gasteiger partial charge in [0.2, 0.25) is 0 Å². The van der Waals surface area contributed by atoms with Gasteiger partial charge in [-0.25, -0.2) is 27.1 Å². The van der Waals surface area contributed by atoms with Crippen LogP contribution in [0.3, 0.4) is 0 Å². The monoisotopic (exact) mass is 512 g/mol. The largest absolute Gasteiger partial charge is 0.444 e. The van der Waals surface area contributed by atoms with Crippen LogP contribution in [0, 0.1) is 23.7 Å². The molecule has 1 aliphatic heterocycles. The Bertz CT molecular complexity index is 1230. The predicted octanol–water partition coefficient (Wildman–Crippen LogP) is 1.13. The molecule has 1 saturated heterocycles. The molecule has 2 aliphatic rings. The average Bonchev–Trinajstić information content (AvgIpc) is 3.07. The fraction of sp³-hybridized carbons (Fsp3) is 0.545. The highest BCUT2D eigenvalue weighted by Crippen LogP contribution is 2.34. The lowest BCUT2D eigenvalue weighted by atomic mass is 9.76. The van der Waals surface area contributed by atoms with E-state index in [1.807, 2.05) is 0 Å². The third kappa shape index (κ3) is 5.89. The van der Waals surface area contributed by atoms with Crippen LogP contribution in [0.1, 0.15) is 31.7 Å². The smallest absolute Gasteiger partial charge is 0.414 e. The van der Waals surface area contributed by atoms with Crippen molar-refractivity contribution in [1.82, 2.24) is 5.48 Å². The molecule has 0 bridgehead atoms. The summed E-state index contributed by atoms with van der Waals surface area (Å²) in [5.41, 5.74) is 2.64. The highest BCUT2D eigenvalue weighted by Gasteiger charge is 2.48. The molecular weight excluding hydrogens is 484 g/mol. The van der Waals surface area contributed by atoms with Gasteiger partial charge in [0.05, 0.1) is 12.3 Å². The van der Waals surface area contributed by atoms with Crippen molar-refractivity contribution in [2.75, 3.05) is 29.7 Å². The van der Waals surface area contributed by atoms with Crippen molar-refractivity contribution in [2.45, 2.75) is 37.0 Å². The number of nitrogens with one attached hydrogen (secondary N) is 1. The van der Waals surface area contributed by atoms with Crippen molar-refractivity contribution >= 4 is 37.4 Å². The van der Waals surface area contributed by atoms with Crippen molar-refractivity contribution in [1.29, 1.82) is 0 Å². The molecule has 1 aromatic carbocycles. The second kappa shape index (κ2) is 9.56. The zero-order chi connectivity index (χ0) is 25.3. The molecule has 0 unspecified atom stereocenters. The normalized spacial score (nSPS) is 24.3. The Labute approximate surface area is 199 Å². The molecule has 1 aromatic rings. The van der Waals surface area contributed by atoms with Gasteiger partial charge in [0.25, 0.3) is 5.91 Å². The van der Waals surface area contributed by atoms with E-state index in [0.29, 0.717) is 5.69 Å². The Hall–Kier alpha value is -2.62. The predicted molar refractivity (Wildman–Crippen MR) is 125 cm³/mol. The summed E-state index contributed by atoms with van der Waals surface area (Å²) in [6.07, 6.45) is 1.79. The lowest BCUT2D eigenvalue weighted by Gasteiger charge is -2.31. The zero-order valence-electron chi connectivity index (χ0n) is 19.1. The standard InChI is InChI=1S/C22H28N2O8S2/c1-22(20(25)23-27,34(3,30)31)12-19-13-24(21(26)32-19)18-8-6-15(7-9-18)4-5-16-10-17(11-16)14-33(2,28)29/h6-9,16-17,19,27H,10-14H2,1-3H3,(H,23,25)/t16?,17?,19-,22+/m0/s1. The first-order chi connectivity index (χ1) is 15.7. The molecule has 2 atom stereocenters. The van der Waals surface area contributed by atoms with Crippen LogP contribution in [0.2, 0.25) is 0 Å². The number of cyclic esters (lactones) is 1. The van der Waals surface area contributed by atoms with E-state index < -0.39 is 42.5 Å². The molecule has 3 rings (SSSR count). The molecule has 1 saturated carbocycles. The molecule has 1 heterocycles. The molecule has 186 valence electrons. The number of sulfone groups is 2. The van der Waals surface area contributed by atoms with Crippen molar-refractivity contribution in [3.63, 3.8) is 0 Å². The fourth-order valence-electron chi connectivity index (χ4n) is 4.13. The molecule has 2 amide bonds. The van der Waals surface area contributed by atoms with Gasteiger partial charge in [-0.2, -0.15) is 0 Å². The number of carbonyl (C=O) groups is 2. The first kappa shape index (κ1) is 26.0. The number of carbonyl (C=O) groups excluding carboxylic acids is 2. The fourth-order valence-corrected chi connectivity index (χ4v) is 6.13. The first-order valence-electron chi connectivity index (χ1n) is 10.6. The number of ether oxygens (including phenoxy) is 1. The Kier molecular flexibility index (Phi) is 7.31. The summed E-state index contributed by atoms with van der Waals surface area (Å²) in [6, 6.07) is 6.87. The number of nitrogens with zero attached hydrogens (tertiary/aromatic N) is 1. The number of rotatable bonds is 7. The quantitative estimate of drug-likeness (QED) is 0.314. The van der Waals surface area contributed by atoms with E-state index in [4.69, 9.17) is 9.94 Å². The van der Waals surface area contributed by atoms with Crippen LogP contribution in [0.25, 0.3) is 0 Å². The van der Waals surface area contributed by atoms with Crippen molar-refractivity contribution in [3.05, 3.63) is 29.8 Å². The van der Waals surface area contributed by atoms with E-state index in [0.717, 1.165) is 24.7 Å². The van der Waals surface area contributed by atoms with Crippen molar-refractivity contribution in [2.24, 2.45) is 11.8 Å². The maximum Gasteiger partial charge on any atom is 0.414 e. The number of hydrogen-bond donors (Lipinski definition) is 2. The van der Waals surface area contributed by atoms with Gasteiger partial charge in [-0.3, -0.25) is 14.9 Å². The summed E-state index contributed by atoms with van der Waals surface area (Å²) in [6.45, 7) is 1.21. The Balaban J connectivity index is 1.62. The molecule has 1 aliphatic carbocycles. The maximum atomic E-state index is 12.4. The number of benzene rings is 1. The van der Waals surface area contributed by atoms with E-state index in [-0.39, 0.29) is 30.6 Å². The minimum absolute atomic E-state index is 0.0392. The molecule has 34 heavy (non-hydrogen) atoms. The van der Waals surface area contributed by atoms with Gasteiger partial charge in [0.1, 0.15) is 15.9 Å². The highest BCUT2D eigenvalue weighted by molar-refractivity contribution is 7.92. The topological polar surface area (TPSA) is 147 Å². The second-order valence-electron chi connectivity index (χ2n) is 9.21. The third-order valence-corrected chi connectivity index (χ3v) is 9.33. The van der Waals surface area contributed by atoms with Gasteiger partial charge in [-0.1, -0.05) is 11.8 Å². The van der Waals surface area contributed by atoms with Gasteiger partial charge < -0.3 is 4.74 Å². The summed E-state index contributed by atoms with van der Waals surface area (Å²) < 4.78 is 50.3. The van der Waals surface area contributed by atoms with Gasteiger partial charge in [0.15, 0.2) is 14.6 Å². The van der Waals surface area contributed by atoms with Crippen LogP contribution in [0.5, 0.6) is 0 Å². The van der Waals surface area contributed by atoms with Gasteiger partial charge in [0, 0.05) is 36.1 Å². The van der Waals surface area contributed by atoms with Gasteiger partial charge in [-0.05, 0) is 49.9 Å². The van der Waals surface area contributed by atoms with E-state index in [2.05, 4.69) is 11.8 Å². The number of amides is 2. The van der Waals surface area contributed by atoms with Gasteiger partial charge >= 0.3 is 6.09 Å². The van der Waals surface area contributed by atoms with Crippen LogP contribution < -0.4 is 10.4 Å². The first-order valence-corrected chi connectivity index (χ1v) is 14.6. The Morgan fingerprint density at radius 2 is 1.82 bits per heavy atom. The zero-order valence-corrected chi connectivity index (χ0v) is 20.8. The Morgan fingerprint density at radius 1 is 1.21 bits per heavy atom. The van der Waals surface area contributed by atoms with E-state index >= 15 is 0 Å². The van der Waals surface area contributed by atoms with E-state index in [1.165, 1.54) is 23.6 Å². The average molecular weight is 513 g/mol. The minimum atomic E-state index is -3.92. The van der Waals surface area contributed by atoms with Crippen molar-refractivity contribution in [3.8, 4) is 11.8 Å². The molecule has 0 aromatic heterocycles. The highest BCUT2D eigenvalue weighted by atomic mass is 32.2. The molecule has 2 N–H and O–H groups in total. The summed E-state index contributed by atoms with van der Waals surface area (Å²) >= 11 is 0. The second-order valence-corrected chi connectivity index (χ2v) is 13.8.